The molecule has 24 heavy (non-hydrogen) atoms. The number of benzene rings is 1. The van der Waals surface area contributed by atoms with E-state index in [9.17, 15) is 0 Å². The average molecular weight is 411 g/mol. The van der Waals surface area contributed by atoms with E-state index in [1.807, 2.05) is 0 Å². The summed E-state index contributed by atoms with van der Waals surface area (Å²) in [6.45, 7) is 23.1. The van der Waals surface area contributed by atoms with Crippen molar-refractivity contribution in [3.63, 3.8) is 0 Å². The first-order chi connectivity index (χ1) is 11.0. The molecule has 0 radical (unpaired) electrons. The van der Waals surface area contributed by atoms with E-state index < -0.39 is 8.24 Å². The molecule has 1 saturated carbocycles. The summed E-state index contributed by atoms with van der Waals surface area (Å²) in [5, 5.41) is 0. The van der Waals surface area contributed by atoms with Crippen molar-refractivity contribution in [3.8, 4) is 0 Å². The van der Waals surface area contributed by atoms with Gasteiger partial charge in [-0.05, 0) is 83.1 Å². The van der Waals surface area contributed by atoms with Crippen LogP contribution in [0.5, 0.6) is 0 Å². The molecule has 2 rings (SSSR count). The van der Waals surface area contributed by atoms with Crippen LogP contribution in [-0.2, 0) is 0 Å². The van der Waals surface area contributed by atoms with Crippen LogP contribution in [0, 0.1) is 37.5 Å². The van der Waals surface area contributed by atoms with Crippen molar-refractivity contribution < 1.29 is 0 Å². The molecular formula is C21H36BrNSi. The molecule has 4 atom stereocenters. The number of hydrogen-bond donors (Lipinski definition) is 0. The van der Waals surface area contributed by atoms with Crippen molar-refractivity contribution >= 4 is 29.9 Å². The molecule has 0 saturated heterocycles. The Morgan fingerprint density at radius 2 is 1.46 bits per heavy atom. The van der Waals surface area contributed by atoms with Crippen LogP contribution in [0.2, 0.25) is 18.6 Å². The highest BCUT2D eigenvalue weighted by Crippen LogP contribution is 2.55. The van der Waals surface area contributed by atoms with Gasteiger partial charge in [-0.1, -0.05) is 46.9 Å². The maximum absolute atomic E-state index is 3.87. The number of aryl methyl sites for hydroxylation is 2. The van der Waals surface area contributed by atoms with Gasteiger partial charge in [-0.2, -0.15) is 0 Å². The maximum Gasteiger partial charge on any atom is 0.154 e. The van der Waals surface area contributed by atoms with Gasteiger partial charge in [0.25, 0.3) is 0 Å². The summed E-state index contributed by atoms with van der Waals surface area (Å²) in [5.74, 6) is 3.29. The quantitative estimate of drug-likeness (QED) is 0.482. The fourth-order valence-electron chi connectivity index (χ4n) is 5.66. The average Bonchev–Trinajstić information content (AvgIpc) is 2.66. The Hall–Kier alpha value is -0.283. The van der Waals surface area contributed by atoms with Gasteiger partial charge < -0.3 is 4.57 Å². The van der Waals surface area contributed by atoms with Crippen molar-refractivity contribution in [3.05, 3.63) is 27.7 Å². The third-order valence-corrected chi connectivity index (χ3v) is 12.3. The van der Waals surface area contributed by atoms with Crippen molar-refractivity contribution in [2.45, 2.75) is 67.1 Å². The summed E-state index contributed by atoms with van der Waals surface area (Å²) < 4.78 is 4.05. The molecular weight excluding hydrogens is 374 g/mol. The maximum atomic E-state index is 3.87. The normalized spacial score (nSPS) is 30.7. The first kappa shape index (κ1) is 20.0. The van der Waals surface area contributed by atoms with Crippen LogP contribution in [0.4, 0.5) is 5.69 Å². The Morgan fingerprint density at radius 3 is 1.88 bits per heavy atom. The van der Waals surface area contributed by atoms with E-state index in [0.717, 1.165) is 35.8 Å². The lowest BCUT2D eigenvalue weighted by Crippen LogP contribution is -2.55. The zero-order valence-electron chi connectivity index (χ0n) is 17.1. The second-order valence-electron chi connectivity index (χ2n) is 8.77. The highest BCUT2D eigenvalue weighted by molar-refractivity contribution is 9.10. The minimum Gasteiger partial charge on any atom is -0.397 e. The van der Waals surface area contributed by atoms with E-state index in [-0.39, 0.29) is 0 Å². The molecule has 136 valence electrons. The van der Waals surface area contributed by atoms with E-state index in [1.54, 1.807) is 0 Å². The van der Waals surface area contributed by atoms with E-state index in [0.29, 0.717) is 0 Å². The Labute approximate surface area is 159 Å². The van der Waals surface area contributed by atoms with E-state index >= 15 is 0 Å². The molecule has 0 heterocycles. The van der Waals surface area contributed by atoms with Crippen LogP contribution in [0.1, 0.15) is 45.7 Å². The lowest BCUT2D eigenvalue weighted by atomic mass is 9.92. The summed E-state index contributed by atoms with van der Waals surface area (Å²) >= 11 is 3.87. The number of anilines is 1. The summed E-state index contributed by atoms with van der Waals surface area (Å²) in [4.78, 5) is 0. The van der Waals surface area contributed by atoms with Crippen molar-refractivity contribution in [1.82, 2.24) is 0 Å². The van der Waals surface area contributed by atoms with Crippen LogP contribution in [0.25, 0.3) is 0 Å². The molecule has 3 heteroatoms. The Balaban J connectivity index is 2.50. The second-order valence-corrected chi connectivity index (χ2v) is 14.1. The van der Waals surface area contributed by atoms with Gasteiger partial charge in [0.05, 0.1) is 0 Å². The van der Waals surface area contributed by atoms with Gasteiger partial charge in [0.15, 0.2) is 8.24 Å². The zero-order valence-corrected chi connectivity index (χ0v) is 19.7. The third kappa shape index (κ3) is 3.23. The summed E-state index contributed by atoms with van der Waals surface area (Å²) in [6, 6.07) is 4.61. The van der Waals surface area contributed by atoms with Crippen molar-refractivity contribution in [1.29, 1.82) is 0 Å². The lowest BCUT2D eigenvalue weighted by Gasteiger charge is -2.47. The number of nitrogens with zero attached hydrogens (tertiary/aromatic N) is 1. The van der Waals surface area contributed by atoms with Crippen LogP contribution < -0.4 is 4.57 Å². The molecule has 1 aromatic carbocycles. The van der Waals surface area contributed by atoms with Gasteiger partial charge in [0.1, 0.15) is 0 Å². The molecule has 0 amide bonds. The number of halogens is 1. The Morgan fingerprint density at radius 1 is 0.958 bits per heavy atom. The summed E-state index contributed by atoms with van der Waals surface area (Å²) in [5.41, 5.74) is 5.02. The molecule has 1 aliphatic carbocycles. The minimum absolute atomic E-state index is 0.815. The van der Waals surface area contributed by atoms with Crippen LogP contribution in [-0.4, -0.2) is 14.8 Å². The molecule has 1 fully saturated rings. The van der Waals surface area contributed by atoms with Gasteiger partial charge in [-0.25, -0.2) is 0 Å². The Kier molecular flexibility index (Phi) is 5.97. The highest BCUT2D eigenvalue weighted by Gasteiger charge is 2.52. The molecule has 1 nitrogen and oxygen atoms in total. The third-order valence-electron chi connectivity index (χ3n) is 7.12. The van der Waals surface area contributed by atoms with Gasteiger partial charge >= 0.3 is 0 Å². The molecule has 0 bridgehead atoms. The van der Waals surface area contributed by atoms with E-state index in [4.69, 9.17) is 0 Å². The topological polar surface area (TPSA) is 3.24 Å². The van der Waals surface area contributed by atoms with Crippen LogP contribution in [0.15, 0.2) is 16.6 Å². The molecule has 0 aromatic heterocycles. The SMILES string of the molecule is CCN(c1c(C)cc(C)cc1Br)[Si](C)(C)C1C(C)C(C)C(C)C1C. The smallest absolute Gasteiger partial charge is 0.154 e. The highest BCUT2D eigenvalue weighted by atomic mass is 79.9. The van der Waals surface area contributed by atoms with Crippen molar-refractivity contribution in [2.24, 2.45) is 23.7 Å². The molecule has 0 N–H and O–H groups in total. The van der Waals surface area contributed by atoms with Gasteiger partial charge in [0.2, 0.25) is 0 Å². The first-order valence-corrected chi connectivity index (χ1v) is 13.4. The summed E-state index contributed by atoms with van der Waals surface area (Å²) in [6.07, 6.45) is 0. The van der Waals surface area contributed by atoms with Crippen LogP contribution >= 0.6 is 15.9 Å². The van der Waals surface area contributed by atoms with Crippen molar-refractivity contribution in [2.75, 3.05) is 11.1 Å². The van der Waals surface area contributed by atoms with Gasteiger partial charge in [0, 0.05) is 16.7 Å². The zero-order chi connectivity index (χ0) is 18.4. The Bertz CT molecular complexity index is 560. The molecule has 0 spiro atoms. The minimum atomic E-state index is -1.63. The van der Waals surface area contributed by atoms with Gasteiger partial charge in [-0.3, -0.25) is 0 Å². The standard InChI is InChI=1S/C21H36BrNSi/c1-10-23(20-14(3)11-13(2)12-19(20)22)24(8,9)21-17(6)15(4)16(5)18(21)7/h11-12,15-18,21H,10H2,1-9H3. The van der Waals surface area contributed by atoms with Gasteiger partial charge in [-0.15, -0.1) is 0 Å². The van der Waals surface area contributed by atoms with Crippen LogP contribution in [0.3, 0.4) is 0 Å². The monoisotopic (exact) mass is 409 g/mol. The predicted molar refractivity (Wildman–Crippen MR) is 115 cm³/mol. The van der Waals surface area contributed by atoms with E-state index in [2.05, 4.69) is 94.2 Å². The molecule has 1 aromatic rings. The largest absolute Gasteiger partial charge is 0.397 e. The summed E-state index contributed by atoms with van der Waals surface area (Å²) in [7, 11) is -1.63. The molecule has 0 aliphatic heterocycles. The fourth-order valence-corrected chi connectivity index (χ4v) is 11.9. The fraction of sp³-hybridized carbons (Fsp3) is 0.714. The molecule has 1 aliphatic rings. The predicted octanol–water partition coefficient (Wildman–Crippen LogP) is 7.03. The second kappa shape index (κ2) is 7.15. The number of rotatable bonds is 4. The lowest BCUT2D eigenvalue weighted by molar-refractivity contribution is 0.352. The van der Waals surface area contributed by atoms with E-state index in [1.165, 1.54) is 21.3 Å². The number of hydrogen-bond acceptors (Lipinski definition) is 1. The molecule has 4 unspecified atom stereocenters. The first-order valence-electron chi connectivity index (χ1n) is 9.58.